The van der Waals surface area contributed by atoms with Crippen LogP contribution in [-0.4, -0.2) is 13.2 Å². The Morgan fingerprint density at radius 2 is 1.75 bits per heavy atom. The summed E-state index contributed by atoms with van der Waals surface area (Å²) >= 11 is 6.08. The number of halogens is 1. The van der Waals surface area contributed by atoms with Crippen LogP contribution in [0.15, 0.2) is 12.1 Å². The molecule has 1 aromatic carbocycles. The molecule has 16 heavy (non-hydrogen) atoms. The summed E-state index contributed by atoms with van der Waals surface area (Å²) in [5.41, 5.74) is 7.56. The summed E-state index contributed by atoms with van der Waals surface area (Å²) < 4.78 is 5.67. The maximum absolute atomic E-state index is 6.08. The maximum atomic E-state index is 6.08. The van der Waals surface area contributed by atoms with Crippen LogP contribution in [0.2, 0.25) is 5.02 Å². The van der Waals surface area contributed by atoms with Gasteiger partial charge in [-0.05, 0) is 62.9 Å². The zero-order valence-corrected chi connectivity index (χ0v) is 10.8. The summed E-state index contributed by atoms with van der Waals surface area (Å²) in [5.74, 6) is 0.909. The molecular weight excluding hydrogens is 222 g/mol. The van der Waals surface area contributed by atoms with E-state index >= 15 is 0 Å². The summed E-state index contributed by atoms with van der Waals surface area (Å²) in [5, 5.41) is 0.829. The van der Waals surface area contributed by atoms with Gasteiger partial charge in [-0.3, -0.25) is 0 Å². The first-order valence-corrected chi connectivity index (χ1v) is 6.12. The smallest absolute Gasteiger partial charge is 0.119 e. The molecule has 90 valence electrons. The Labute approximate surface area is 103 Å². The minimum Gasteiger partial charge on any atom is -0.494 e. The SMILES string of the molecule is Cc1cc(OCCCCCN)cc(C)c1Cl. The van der Waals surface area contributed by atoms with E-state index in [1.54, 1.807) is 0 Å². The van der Waals surface area contributed by atoms with Gasteiger partial charge in [0.1, 0.15) is 5.75 Å². The molecule has 3 heteroatoms. The fourth-order valence-corrected chi connectivity index (χ4v) is 1.71. The Bertz CT molecular complexity index is 316. The molecule has 0 saturated carbocycles. The van der Waals surface area contributed by atoms with E-state index in [9.17, 15) is 0 Å². The van der Waals surface area contributed by atoms with Gasteiger partial charge in [-0.15, -0.1) is 0 Å². The lowest BCUT2D eigenvalue weighted by Crippen LogP contribution is -2.02. The third kappa shape index (κ3) is 4.03. The van der Waals surface area contributed by atoms with Crippen molar-refractivity contribution >= 4 is 11.6 Å². The number of ether oxygens (including phenoxy) is 1. The zero-order valence-electron chi connectivity index (χ0n) is 10.1. The van der Waals surface area contributed by atoms with Crippen LogP contribution in [0.4, 0.5) is 0 Å². The number of hydrogen-bond donors (Lipinski definition) is 1. The lowest BCUT2D eigenvalue weighted by molar-refractivity contribution is 0.305. The van der Waals surface area contributed by atoms with Crippen LogP contribution in [0.3, 0.4) is 0 Å². The van der Waals surface area contributed by atoms with Crippen LogP contribution in [0.5, 0.6) is 5.75 Å². The van der Waals surface area contributed by atoms with E-state index < -0.39 is 0 Å². The van der Waals surface area contributed by atoms with E-state index in [1.165, 1.54) is 0 Å². The van der Waals surface area contributed by atoms with Crippen LogP contribution in [0.25, 0.3) is 0 Å². The first-order chi connectivity index (χ1) is 7.65. The topological polar surface area (TPSA) is 35.2 Å². The number of unbranched alkanes of at least 4 members (excludes halogenated alkanes) is 2. The van der Waals surface area contributed by atoms with Crippen LogP contribution in [0.1, 0.15) is 30.4 Å². The number of nitrogens with two attached hydrogens (primary N) is 1. The molecule has 0 radical (unpaired) electrons. The first kappa shape index (κ1) is 13.3. The fraction of sp³-hybridized carbons (Fsp3) is 0.538. The summed E-state index contributed by atoms with van der Waals surface area (Å²) in [6.45, 7) is 5.51. The van der Waals surface area contributed by atoms with Gasteiger partial charge < -0.3 is 10.5 Å². The predicted octanol–water partition coefficient (Wildman–Crippen LogP) is 3.46. The molecule has 0 fully saturated rings. The van der Waals surface area contributed by atoms with E-state index in [1.807, 2.05) is 26.0 Å². The minimum absolute atomic E-state index is 0.751. The van der Waals surface area contributed by atoms with E-state index in [0.717, 1.165) is 54.3 Å². The number of benzene rings is 1. The van der Waals surface area contributed by atoms with Gasteiger partial charge in [0, 0.05) is 5.02 Å². The van der Waals surface area contributed by atoms with Crippen molar-refractivity contribution in [3.8, 4) is 5.75 Å². The summed E-state index contributed by atoms with van der Waals surface area (Å²) in [6, 6.07) is 3.97. The zero-order chi connectivity index (χ0) is 12.0. The molecule has 0 aromatic heterocycles. The monoisotopic (exact) mass is 241 g/mol. The van der Waals surface area contributed by atoms with E-state index in [4.69, 9.17) is 22.1 Å². The van der Waals surface area contributed by atoms with Crippen LogP contribution >= 0.6 is 11.6 Å². The Kier molecular flexibility index (Phi) is 5.64. The van der Waals surface area contributed by atoms with E-state index in [0.29, 0.717) is 0 Å². The normalized spacial score (nSPS) is 10.5. The molecule has 2 N–H and O–H groups in total. The molecule has 0 aliphatic heterocycles. The van der Waals surface area contributed by atoms with Gasteiger partial charge in [-0.1, -0.05) is 11.6 Å². The fourth-order valence-electron chi connectivity index (χ4n) is 1.60. The predicted molar refractivity (Wildman–Crippen MR) is 69.3 cm³/mol. The Morgan fingerprint density at radius 3 is 2.31 bits per heavy atom. The van der Waals surface area contributed by atoms with Gasteiger partial charge in [-0.25, -0.2) is 0 Å². The summed E-state index contributed by atoms with van der Waals surface area (Å²) in [6.07, 6.45) is 3.25. The molecule has 1 rings (SSSR count). The number of hydrogen-bond acceptors (Lipinski definition) is 2. The van der Waals surface area contributed by atoms with Gasteiger partial charge in [0.25, 0.3) is 0 Å². The highest BCUT2D eigenvalue weighted by atomic mass is 35.5. The van der Waals surface area contributed by atoms with Gasteiger partial charge in [0.05, 0.1) is 6.61 Å². The maximum Gasteiger partial charge on any atom is 0.119 e. The van der Waals surface area contributed by atoms with Gasteiger partial charge in [0.15, 0.2) is 0 Å². The molecule has 0 atom stereocenters. The van der Waals surface area contributed by atoms with Crippen molar-refractivity contribution in [1.82, 2.24) is 0 Å². The second-order valence-electron chi connectivity index (χ2n) is 4.07. The third-order valence-electron chi connectivity index (χ3n) is 2.53. The van der Waals surface area contributed by atoms with Crippen molar-refractivity contribution in [1.29, 1.82) is 0 Å². The molecule has 0 spiro atoms. The van der Waals surface area contributed by atoms with Crippen molar-refractivity contribution in [2.75, 3.05) is 13.2 Å². The molecule has 0 amide bonds. The van der Waals surface area contributed by atoms with Gasteiger partial charge in [0.2, 0.25) is 0 Å². The first-order valence-electron chi connectivity index (χ1n) is 5.74. The highest BCUT2D eigenvalue weighted by molar-refractivity contribution is 6.32. The largest absolute Gasteiger partial charge is 0.494 e. The summed E-state index contributed by atoms with van der Waals surface area (Å²) in [7, 11) is 0. The standard InChI is InChI=1S/C13H20ClNO/c1-10-8-12(9-11(2)13(10)14)16-7-5-3-4-6-15/h8-9H,3-7,15H2,1-2H3. The van der Waals surface area contributed by atoms with Gasteiger partial charge >= 0.3 is 0 Å². The average Bonchev–Trinajstić information content (AvgIpc) is 2.25. The molecule has 1 aromatic rings. The molecule has 0 heterocycles. The molecule has 0 bridgehead atoms. The third-order valence-corrected chi connectivity index (χ3v) is 3.12. The number of aryl methyl sites for hydroxylation is 2. The molecule has 0 aliphatic rings. The highest BCUT2D eigenvalue weighted by Crippen LogP contribution is 2.25. The Morgan fingerprint density at radius 1 is 1.12 bits per heavy atom. The lowest BCUT2D eigenvalue weighted by atomic mass is 10.1. The van der Waals surface area contributed by atoms with E-state index in [-0.39, 0.29) is 0 Å². The van der Waals surface area contributed by atoms with Crippen LogP contribution in [-0.2, 0) is 0 Å². The second kappa shape index (κ2) is 6.77. The summed E-state index contributed by atoms with van der Waals surface area (Å²) in [4.78, 5) is 0. The molecule has 2 nitrogen and oxygen atoms in total. The molecule has 0 aliphatic carbocycles. The van der Waals surface area contributed by atoms with Crippen molar-refractivity contribution in [2.24, 2.45) is 5.73 Å². The lowest BCUT2D eigenvalue weighted by Gasteiger charge is -2.09. The van der Waals surface area contributed by atoms with E-state index in [2.05, 4.69) is 0 Å². The Hall–Kier alpha value is -0.730. The molecule has 0 saturated heterocycles. The van der Waals surface area contributed by atoms with Crippen molar-refractivity contribution in [2.45, 2.75) is 33.1 Å². The number of rotatable bonds is 6. The average molecular weight is 242 g/mol. The van der Waals surface area contributed by atoms with Crippen molar-refractivity contribution < 1.29 is 4.74 Å². The van der Waals surface area contributed by atoms with Crippen molar-refractivity contribution in [3.05, 3.63) is 28.3 Å². The quantitative estimate of drug-likeness (QED) is 0.775. The van der Waals surface area contributed by atoms with Crippen LogP contribution < -0.4 is 10.5 Å². The van der Waals surface area contributed by atoms with Crippen LogP contribution in [0, 0.1) is 13.8 Å². The minimum atomic E-state index is 0.751. The highest BCUT2D eigenvalue weighted by Gasteiger charge is 2.03. The van der Waals surface area contributed by atoms with Crippen molar-refractivity contribution in [3.63, 3.8) is 0 Å². The molecule has 0 unspecified atom stereocenters. The second-order valence-corrected chi connectivity index (χ2v) is 4.45. The molecular formula is C13H20ClNO. The Balaban J connectivity index is 2.43. The van der Waals surface area contributed by atoms with Gasteiger partial charge in [-0.2, -0.15) is 0 Å².